The molecule has 0 saturated heterocycles. The molecule has 0 atom stereocenters. The van der Waals surface area contributed by atoms with Crippen LogP contribution in [0.1, 0.15) is 0 Å². The maximum atomic E-state index is 12.0. The number of nitrogens with zero attached hydrogens (tertiary/aromatic N) is 5. The van der Waals surface area contributed by atoms with E-state index in [1.54, 1.807) is 6.07 Å². The number of fused-ring (bicyclic) bond motifs is 1. The van der Waals surface area contributed by atoms with Crippen molar-refractivity contribution in [2.75, 3.05) is 0 Å². The monoisotopic (exact) mass is 231 g/mol. The summed E-state index contributed by atoms with van der Waals surface area (Å²) in [5, 5.41) is 3.83. The SMILES string of the molecule is Cn1c(=O)c2cccc(N=[N+]=[N-])c2c(=O)n1C. The van der Waals surface area contributed by atoms with Gasteiger partial charge in [-0.05, 0) is 11.6 Å². The van der Waals surface area contributed by atoms with Gasteiger partial charge in [0.15, 0.2) is 0 Å². The van der Waals surface area contributed by atoms with Crippen LogP contribution in [0.5, 0.6) is 0 Å². The fourth-order valence-corrected chi connectivity index (χ4v) is 1.68. The quantitative estimate of drug-likeness (QED) is 0.418. The Morgan fingerprint density at radius 2 is 1.82 bits per heavy atom. The van der Waals surface area contributed by atoms with Crippen LogP contribution in [0.25, 0.3) is 21.2 Å². The van der Waals surface area contributed by atoms with Gasteiger partial charge < -0.3 is 0 Å². The van der Waals surface area contributed by atoms with Gasteiger partial charge in [-0.3, -0.25) is 19.0 Å². The number of azide groups is 1. The first kappa shape index (κ1) is 11.0. The molecule has 86 valence electrons. The Kier molecular flexibility index (Phi) is 2.45. The summed E-state index contributed by atoms with van der Waals surface area (Å²) in [6, 6.07) is 4.62. The molecule has 17 heavy (non-hydrogen) atoms. The van der Waals surface area contributed by atoms with Crippen LogP contribution in [0.2, 0.25) is 0 Å². The Balaban J connectivity index is 3.18. The van der Waals surface area contributed by atoms with Crippen molar-refractivity contribution in [2.24, 2.45) is 19.2 Å². The summed E-state index contributed by atoms with van der Waals surface area (Å²) < 4.78 is 2.39. The molecule has 2 aromatic rings. The Morgan fingerprint density at radius 3 is 2.47 bits per heavy atom. The minimum atomic E-state index is -0.370. The van der Waals surface area contributed by atoms with Crippen LogP contribution in [-0.2, 0) is 14.1 Å². The second-order valence-electron chi connectivity index (χ2n) is 3.55. The highest BCUT2D eigenvalue weighted by Crippen LogP contribution is 2.20. The zero-order chi connectivity index (χ0) is 12.6. The Morgan fingerprint density at radius 1 is 1.18 bits per heavy atom. The lowest BCUT2D eigenvalue weighted by Crippen LogP contribution is -2.35. The Hall–Kier alpha value is -2.53. The molecule has 7 heteroatoms. The number of aromatic nitrogens is 2. The summed E-state index contributed by atoms with van der Waals surface area (Å²) in [7, 11) is 2.99. The summed E-state index contributed by atoms with van der Waals surface area (Å²) in [5.41, 5.74) is 7.92. The van der Waals surface area contributed by atoms with Gasteiger partial charge in [-0.1, -0.05) is 17.2 Å². The predicted molar refractivity (Wildman–Crippen MR) is 63.2 cm³/mol. The molecule has 1 heterocycles. The standard InChI is InChI=1S/C10H9N5O2/c1-14-9(16)6-4-3-5-7(12-13-11)8(6)10(17)15(14)2/h3-5H,1-2H3. The molecule has 1 aromatic carbocycles. The molecule has 0 fully saturated rings. The highest BCUT2D eigenvalue weighted by molar-refractivity contribution is 5.90. The molecule has 0 bridgehead atoms. The molecule has 0 spiro atoms. The van der Waals surface area contributed by atoms with E-state index in [1.807, 2.05) is 0 Å². The third-order valence-corrected chi connectivity index (χ3v) is 2.68. The topological polar surface area (TPSA) is 92.8 Å². The van der Waals surface area contributed by atoms with Crippen molar-refractivity contribution >= 4 is 16.5 Å². The fraction of sp³-hybridized carbons (Fsp3) is 0.200. The molecule has 1 aromatic heterocycles. The number of hydrogen-bond acceptors (Lipinski definition) is 3. The van der Waals surface area contributed by atoms with Crippen molar-refractivity contribution in [3.05, 3.63) is 49.3 Å². The minimum absolute atomic E-state index is 0.149. The van der Waals surface area contributed by atoms with Gasteiger partial charge in [0, 0.05) is 19.0 Å². The van der Waals surface area contributed by atoms with E-state index in [9.17, 15) is 9.59 Å². The number of benzene rings is 1. The molecule has 2 rings (SSSR count). The number of hydrogen-bond donors (Lipinski definition) is 0. The van der Waals surface area contributed by atoms with Gasteiger partial charge >= 0.3 is 0 Å². The third kappa shape index (κ3) is 1.49. The average Bonchev–Trinajstić information content (AvgIpc) is 2.34. The van der Waals surface area contributed by atoms with E-state index in [4.69, 9.17) is 5.53 Å². The second-order valence-corrected chi connectivity index (χ2v) is 3.55. The molecule has 0 aliphatic carbocycles. The molecule has 0 unspecified atom stereocenters. The molecule has 0 saturated carbocycles. The van der Waals surface area contributed by atoms with Crippen LogP contribution in [0.4, 0.5) is 5.69 Å². The Bertz CT molecular complexity index is 765. The maximum Gasteiger partial charge on any atom is 0.273 e. The van der Waals surface area contributed by atoms with Gasteiger partial charge in [-0.15, -0.1) is 0 Å². The fourth-order valence-electron chi connectivity index (χ4n) is 1.68. The molecule has 0 radical (unpaired) electrons. The molecule has 0 N–H and O–H groups in total. The highest BCUT2D eigenvalue weighted by atomic mass is 16.2. The highest BCUT2D eigenvalue weighted by Gasteiger charge is 2.10. The van der Waals surface area contributed by atoms with Gasteiger partial charge in [0.1, 0.15) is 0 Å². The van der Waals surface area contributed by atoms with Crippen molar-refractivity contribution in [1.29, 1.82) is 0 Å². The van der Waals surface area contributed by atoms with Crippen LogP contribution in [-0.4, -0.2) is 9.36 Å². The zero-order valence-corrected chi connectivity index (χ0v) is 9.28. The van der Waals surface area contributed by atoms with Gasteiger partial charge in [0.2, 0.25) is 0 Å². The molecular weight excluding hydrogens is 222 g/mol. The van der Waals surface area contributed by atoms with E-state index in [0.29, 0.717) is 0 Å². The summed E-state index contributed by atoms with van der Waals surface area (Å²) in [4.78, 5) is 26.6. The Labute approximate surface area is 95.1 Å². The summed E-state index contributed by atoms with van der Waals surface area (Å²) in [6.45, 7) is 0. The second kappa shape index (κ2) is 3.80. The van der Waals surface area contributed by atoms with E-state index >= 15 is 0 Å². The lowest BCUT2D eigenvalue weighted by atomic mass is 10.1. The third-order valence-electron chi connectivity index (χ3n) is 2.68. The van der Waals surface area contributed by atoms with Crippen LogP contribution in [0, 0.1) is 0 Å². The molecule has 0 amide bonds. The first-order valence-electron chi connectivity index (χ1n) is 4.82. The van der Waals surface area contributed by atoms with Crippen molar-refractivity contribution in [3.8, 4) is 0 Å². The smallest absolute Gasteiger partial charge is 0.267 e. The van der Waals surface area contributed by atoms with E-state index in [2.05, 4.69) is 10.0 Å². The van der Waals surface area contributed by atoms with Gasteiger partial charge in [-0.2, -0.15) is 0 Å². The first-order valence-corrected chi connectivity index (χ1v) is 4.82. The first-order chi connectivity index (χ1) is 8.07. The van der Waals surface area contributed by atoms with Crippen molar-refractivity contribution in [1.82, 2.24) is 9.36 Å². The minimum Gasteiger partial charge on any atom is -0.267 e. The molecule has 0 aliphatic heterocycles. The van der Waals surface area contributed by atoms with Crippen molar-refractivity contribution < 1.29 is 0 Å². The average molecular weight is 231 g/mol. The molecule has 0 aliphatic rings. The van der Waals surface area contributed by atoms with Crippen LogP contribution in [0.15, 0.2) is 32.9 Å². The van der Waals surface area contributed by atoms with Crippen LogP contribution < -0.4 is 11.1 Å². The summed E-state index contributed by atoms with van der Waals surface area (Å²) in [6.07, 6.45) is 0. The number of rotatable bonds is 1. The van der Waals surface area contributed by atoms with Crippen LogP contribution >= 0.6 is 0 Å². The molecule has 7 nitrogen and oxygen atoms in total. The normalized spacial score (nSPS) is 10.2. The van der Waals surface area contributed by atoms with E-state index in [0.717, 1.165) is 0 Å². The lowest BCUT2D eigenvalue weighted by molar-refractivity contribution is 0.543. The van der Waals surface area contributed by atoms with E-state index in [-0.39, 0.29) is 27.6 Å². The molecular formula is C10H9N5O2. The van der Waals surface area contributed by atoms with E-state index < -0.39 is 0 Å². The van der Waals surface area contributed by atoms with Gasteiger partial charge in [0.05, 0.1) is 16.5 Å². The van der Waals surface area contributed by atoms with Crippen molar-refractivity contribution in [3.63, 3.8) is 0 Å². The predicted octanol–water partition coefficient (Wildman–Crippen LogP) is 1.18. The largest absolute Gasteiger partial charge is 0.273 e. The summed E-state index contributed by atoms with van der Waals surface area (Å²) in [5.74, 6) is 0. The summed E-state index contributed by atoms with van der Waals surface area (Å²) >= 11 is 0. The van der Waals surface area contributed by atoms with Crippen molar-refractivity contribution in [2.45, 2.75) is 0 Å². The van der Waals surface area contributed by atoms with Crippen LogP contribution in [0.3, 0.4) is 0 Å². The maximum absolute atomic E-state index is 12.0. The lowest BCUT2D eigenvalue weighted by Gasteiger charge is -2.08. The van der Waals surface area contributed by atoms with Gasteiger partial charge in [0.25, 0.3) is 11.1 Å². The zero-order valence-electron chi connectivity index (χ0n) is 9.28. The van der Waals surface area contributed by atoms with Gasteiger partial charge in [-0.25, -0.2) is 0 Å². The van der Waals surface area contributed by atoms with E-state index in [1.165, 1.54) is 35.6 Å².